The number of carbonyl (C=O) groups excluding carboxylic acids is 2. The van der Waals surface area contributed by atoms with E-state index >= 15 is 0 Å². The van der Waals surface area contributed by atoms with Crippen molar-refractivity contribution in [1.82, 2.24) is 4.98 Å². The molecule has 1 heterocycles. The smallest absolute Gasteiger partial charge is 0.257 e. The van der Waals surface area contributed by atoms with Gasteiger partial charge in [-0.2, -0.15) is 0 Å². The maximum absolute atomic E-state index is 12.4. The van der Waals surface area contributed by atoms with E-state index in [1.54, 1.807) is 53.9 Å². The quantitative estimate of drug-likeness (QED) is 0.335. The lowest BCUT2D eigenvalue weighted by molar-refractivity contribution is -0.115. The summed E-state index contributed by atoms with van der Waals surface area (Å²) in [5, 5.41) is 8.45. The van der Waals surface area contributed by atoms with E-state index in [-0.39, 0.29) is 18.2 Å². The number of amides is 2. The molecule has 0 atom stereocenters. The Morgan fingerprint density at radius 2 is 1.64 bits per heavy atom. The Bertz CT molecular complexity index is 1240. The number of hydrogen-bond donors (Lipinski definition) is 2. The molecular formula is C25H20ClN3O3S. The second-order valence-electron chi connectivity index (χ2n) is 7.09. The van der Waals surface area contributed by atoms with Gasteiger partial charge < -0.3 is 10.1 Å². The molecule has 0 fully saturated rings. The van der Waals surface area contributed by atoms with Crippen LogP contribution in [0, 0.1) is 0 Å². The van der Waals surface area contributed by atoms with E-state index in [2.05, 4.69) is 15.6 Å². The maximum Gasteiger partial charge on any atom is 0.257 e. The number of anilines is 2. The third kappa shape index (κ3) is 6.41. The van der Waals surface area contributed by atoms with Gasteiger partial charge in [-0.1, -0.05) is 48.0 Å². The van der Waals surface area contributed by atoms with Gasteiger partial charge in [0, 0.05) is 27.2 Å². The zero-order valence-corrected chi connectivity index (χ0v) is 19.0. The van der Waals surface area contributed by atoms with E-state index in [9.17, 15) is 9.59 Å². The van der Waals surface area contributed by atoms with Crippen molar-refractivity contribution in [2.45, 2.75) is 13.0 Å². The van der Waals surface area contributed by atoms with Gasteiger partial charge in [0.05, 0.1) is 12.1 Å². The third-order valence-corrected chi connectivity index (χ3v) is 5.82. The Morgan fingerprint density at radius 3 is 2.39 bits per heavy atom. The first-order chi connectivity index (χ1) is 16.1. The predicted molar refractivity (Wildman–Crippen MR) is 131 cm³/mol. The zero-order valence-electron chi connectivity index (χ0n) is 17.5. The minimum absolute atomic E-state index is 0.0997. The topological polar surface area (TPSA) is 80.3 Å². The van der Waals surface area contributed by atoms with Crippen molar-refractivity contribution in [3.63, 3.8) is 0 Å². The lowest BCUT2D eigenvalue weighted by Gasteiger charge is -2.09. The van der Waals surface area contributed by atoms with Gasteiger partial charge in [-0.3, -0.25) is 14.9 Å². The average Bonchev–Trinajstić information content (AvgIpc) is 3.26. The standard InChI is InChI=1S/C25H20ClN3O3S/c26-22-9-5-4-8-18(22)15-32-21-12-10-19(11-13-21)27-23(30)14-20-16-33-25(28-20)29-24(31)17-6-2-1-3-7-17/h1-13,16H,14-15H2,(H,27,30)(H,28,29,31). The minimum atomic E-state index is -0.238. The van der Waals surface area contributed by atoms with Crippen LogP contribution in [-0.4, -0.2) is 16.8 Å². The van der Waals surface area contributed by atoms with Gasteiger partial charge in [-0.25, -0.2) is 4.98 Å². The van der Waals surface area contributed by atoms with Gasteiger partial charge in [0.2, 0.25) is 5.91 Å². The van der Waals surface area contributed by atoms with E-state index in [1.807, 2.05) is 30.3 Å². The van der Waals surface area contributed by atoms with Gasteiger partial charge in [0.1, 0.15) is 12.4 Å². The zero-order chi connectivity index (χ0) is 23.0. The second kappa shape index (κ2) is 10.8. The number of nitrogens with zero attached hydrogens (tertiary/aromatic N) is 1. The molecule has 8 heteroatoms. The number of nitrogens with one attached hydrogen (secondary N) is 2. The highest BCUT2D eigenvalue weighted by Gasteiger charge is 2.11. The average molecular weight is 478 g/mol. The van der Waals surface area contributed by atoms with E-state index in [0.717, 1.165) is 5.56 Å². The van der Waals surface area contributed by atoms with Gasteiger partial charge in [-0.05, 0) is 42.5 Å². The number of rotatable bonds is 8. The van der Waals surface area contributed by atoms with Crippen LogP contribution in [0.3, 0.4) is 0 Å². The van der Waals surface area contributed by atoms with Gasteiger partial charge in [0.25, 0.3) is 5.91 Å². The SMILES string of the molecule is O=C(Cc1csc(NC(=O)c2ccccc2)n1)Nc1ccc(OCc2ccccc2Cl)cc1. The highest BCUT2D eigenvalue weighted by molar-refractivity contribution is 7.14. The maximum atomic E-state index is 12.4. The second-order valence-corrected chi connectivity index (χ2v) is 8.36. The highest BCUT2D eigenvalue weighted by atomic mass is 35.5. The van der Waals surface area contributed by atoms with Crippen LogP contribution >= 0.6 is 22.9 Å². The molecule has 166 valence electrons. The molecule has 0 aliphatic rings. The van der Waals surface area contributed by atoms with Crippen LogP contribution in [0.5, 0.6) is 5.75 Å². The molecule has 0 aliphatic heterocycles. The van der Waals surface area contributed by atoms with Crippen molar-refractivity contribution < 1.29 is 14.3 Å². The van der Waals surface area contributed by atoms with Gasteiger partial charge >= 0.3 is 0 Å². The van der Waals surface area contributed by atoms with Crippen molar-refractivity contribution in [2.24, 2.45) is 0 Å². The van der Waals surface area contributed by atoms with E-state index in [0.29, 0.717) is 39.5 Å². The summed E-state index contributed by atoms with van der Waals surface area (Å²) >= 11 is 7.42. The first kappa shape index (κ1) is 22.5. The summed E-state index contributed by atoms with van der Waals surface area (Å²) in [4.78, 5) is 28.9. The number of hydrogen-bond acceptors (Lipinski definition) is 5. The Kier molecular flexibility index (Phi) is 7.34. The Hall–Kier alpha value is -3.68. The van der Waals surface area contributed by atoms with Crippen LogP contribution in [-0.2, 0) is 17.8 Å². The Balaban J connectivity index is 1.27. The van der Waals surface area contributed by atoms with Crippen LogP contribution in [0.4, 0.5) is 10.8 Å². The summed E-state index contributed by atoms with van der Waals surface area (Å²) in [6, 6.07) is 23.5. The third-order valence-electron chi connectivity index (χ3n) is 4.64. The van der Waals surface area contributed by atoms with Crippen molar-refractivity contribution in [3.8, 4) is 5.75 Å². The van der Waals surface area contributed by atoms with E-state index in [1.165, 1.54) is 11.3 Å². The Morgan fingerprint density at radius 1 is 0.909 bits per heavy atom. The summed E-state index contributed by atoms with van der Waals surface area (Å²) in [7, 11) is 0. The Labute approximate surface area is 200 Å². The summed E-state index contributed by atoms with van der Waals surface area (Å²) in [6.07, 6.45) is 0.0997. The number of ether oxygens (including phenoxy) is 1. The summed E-state index contributed by atoms with van der Waals surface area (Å²) < 4.78 is 5.75. The molecule has 4 aromatic rings. The molecule has 2 amide bonds. The van der Waals surface area contributed by atoms with Crippen molar-refractivity contribution in [3.05, 3.63) is 106 Å². The van der Waals surface area contributed by atoms with E-state index < -0.39 is 0 Å². The fourth-order valence-corrected chi connectivity index (χ4v) is 3.88. The molecule has 33 heavy (non-hydrogen) atoms. The number of halogens is 1. The van der Waals surface area contributed by atoms with Crippen LogP contribution in [0.1, 0.15) is 21.6 Å². The number of carbonyl (C=O) groups is 2. The van der Waals surface area contributed by atoms with Crippen LogP contribution in [0.15, 0.2) is 84.2 Å². The fraction of sp³-hybridized carbons (Fsp3) is 0.0800. The van der Waals surface area contributed by atoms with E-state index in [4.69, 9.17) is 16.3 Å². The molecule has 0 aliphatic carbocycles. The van der Waals surface area contributed by atoms with Gasteiger partial charge in [-0.15, -0.1) is 11.3 Å². The monoisotopic (exact) mass is 477 g/mol. The number of thiazole rings is 1. The first-order valence-electron chi connectivity index (χ1n) is 10.1. The summed E-state index contributed by atoms with van der Waals surface area (Å²) in [5.41, 5.74) is 2.68. The van der Waals surface area contributed by atoms with Crippen LogP contribution in [0.2, 0.25) is 5.02 Å². The van der Waals surface area contributed by atoms with Crippen LogP contribution in [0.25, 0.3) is 0 Å². The molecule has 1 aromatic heterocycles. The molecule has 3 aromatic carbocycles. The first-order valence-corrected chi connectivity index (χ1v) is 11.4. The molecule has 0 spiro atoms. The molecule has 0 saturated heterocycles. The minimum Gasteiger partial charge on any atom is -0.489 e. The van der Waals surface area contributed by atoms with Crippen molar-refractivity contribution in [2.75, 3.05) is 10.6 Å². The molecule has 6 nitrogen and oxygen atoms in total. The molecule has 0 bridgehead atoms. The molecule has 4 rings (SSSR count). The molecule has 0 unspecified atom stereocenters. The molecule has 0 saturated carbocycles. The lowest BCUT2D eigenvalue weighted by atomic mass is 10.2. The van der Waals surface area contributed by atoms with Crippen LogP contribution < -0.4 is 15.4 Å². The molecule has 0 radical (unpaired) electrons. The lowest BCUT2D eigenvalue weighted by Crippen LogP contribution is -2.15. The fourth-order valence-electron chi connectivity index (χ4n) is 2.99. The summed E-state index contributed by atoms with van der Waals surface area (Å²) in [6.45, 7) is 0.359. The highest BCUT2D eigenvalue weighted by Crippen LogP contribution is 2.21. The largest absolute Gasteiger partial charge is 0.489 e. The molecule has 2 N–H and O–H groups in total. The van der Waals surface area contributed by atoms with Crippen molar-refractivity contribution >= 4 is 45.6 Å². The summed E-state index contributed by atoms with van der Waals surface area (Å²) in [5.74, 6) is 0.231. The number of aromatic nitrogens is 1. The predicted octanol–water partition coefficient (Wildman–Crippen LogP) is 5.81. The molecular weight excluding hydrogens is 458 g/mol. The van der Waals surface area contributed by atoms with Crippen molar-refractivity contribution in [1.29, 1.82) is 0 Å². The normalized spacial score (nSPS) is 10.5. The van der Waals surface area contributed by atoms with Gasteiger partial charge in [0.15, 0.2) is 5.13 Å². The number of benzene rings is 3.